The van der Waals surface area contributed by atoms with Gasteiger partial charge < -0.3 is 5.11 Å². The van der Waals surface area contributed by atoms with E-state index in [9.17, 15) is 5.11 Å². The number of aryl methyl sites for hydroxylation is 1. The summed E-state index contributed by atoms with van der Waals surface area (Å²) < 4.78 is 0. The third kappa shape index (κ3) is 1.66. The normalized spacial score (nSPS) is 12.7. The van der Waals surface area contributed by atoms with Crippen molar-refractivity contribution in [3.05, 3.63) is 46.2 Å². The molecular weight excluding hydrogens is 196 g/mol. The Hall–Kier alpha value is -1.26. The highest BCUT2D eigenvalue weighted by Gasteiger charge is 2.14. The Morgan fingerprint density at radius 2 is 2.29 bits per heavy atom. The summed E-state index contributed by atoms with van der Waals surface area (Å²) in [5.74, 6) is 0. The van der Waals surface area contributed by atoms with Crippen LogP contribution in [0.25, 0.3) is 0 Å². The van der Waals surface area contributed by atoms with Crippen molar-refractivity contribution in [3.63, 3.8) is 0 Å². The topological polar surface area (TPSA) is 46.0 Å². The van der Waals surface area contributed by atoms with Crippen LogP contribution in [0.2, 0.25) is 0 Å². The molecule has 2 aromatic heterocycles. The second-order valence-electron chi connectivity index (χ2n) is 3.00. The van der Waals surface area contributed by atoms with E-state index in [4.69, 9.17) is 0 Å². The van der Waals surface area contributed by atoms with Gasteiger partial charge in [0.15, 0.2) is 0 Å². The SMILES string of the molecule is Cc1ccsc1C(O)c1cnccn1. The Morgan fingerprint density at radius 1 is 1.43 bits per heavy atom. The highest BCUT2D eigenvalue weighted by molar-refractivity contribution is 7.10. The third-order valence-electron chi connectivity index (χ3n) is 2.01. The van der Waals surface area contributed by atoms with Crippen LogP contribution in [0.4, 0.5) is 0 Å². The maximum Gasteiger partial charge on any atom is 0.132 e. The Kier molecular flexibility index (Phi) is 2.56. The molecule has 2 heterocycles. The van der Waals surface area contributed by atoms with Gasteiger partial charge in [-0.2, -0.15) is 0 Å². The average molecular weight is 206 g/mol. The van der Waals surface area contributed by atoms with Crippen LogP contribution in [0.3, 0.4) is 0 Å². The minimum absolute atomic E-state index is 0.595. The van der Waals surface area contributed by atoms with E-state index in [-0.39, 0.29) is 0 Å². The molecule has 0 fully saturated rings. The average Bonchev–Trinajstić information content (AvgIpc) is 2.65. The number of nitrogens with zero attached hydrogens (tertiary/aromatic N) is 2. The van der Waals surface area contributed by atoms with Crippen molar-refractivity contribution in [3.8, 4) is 0 Å². The monoisotopic (exact) mass is 206 g/mol. The number of aliphatic hydroxyl groups excluding tert-OH is 1. The van der Waals surface area contributed by atoms with Crippen molar-refractivity contribution >= 4 is 11.3 Å². The van der Waals surface area contributed by atoms with E-state index in [0.717, 1.165) is 10.4 Å². The van der Waals surface area contributed by atoms with Gasteiger partial charge in [-0.3, -0.25) is 9.97 Å². The molecule has 0 aliphatic rings. The Labute approximate surface area is 86.1 Å². The first-order valence-corrected chi connectivity index (χ1v) is 5.15. The molecule has 0 bridgehead atoms. The van der Waals surface area contributed by atoms with Crippen molar-refractivity contribution in [1.82, 2.24) is 9.97 Å². The Morgan fingerprint density at radius 3 is 2.86 bits per heavy atom. The molecule has 1 N–H and O–H groups in total. The van der Waals surface area contributed by atoms with Crippen LogP contribution in [0.1, 0.15) is 22.2 Å². The summed E-state index contributed by atoms with van der Waals surface area (Å²) in [7, 11) is 0. The second-order valence-corrected chi connectivity index (χ2v) is 3.95. The molecule has 4 heteroatoms. The molecule has 2 aromatic rings. The minimum Gasteiger partial charge on any atom is -0.381 e. The fraction of sp³-hybridized carbons (Fsp3) is 0.200. The fourth-order valence-corrected chi connectivity index (χ4v) is 2.17. The number of thiophene rings is 1. The molecule has 0 spiro atoms. The van der Waals surface area contributed by atoms with Crippen molar-refractivity contribution in [2.75, 3.05) is 0 Å². The zero-order valence-electron chi connectivity index (χ0n) is 7.71. The lowest BCUT2D eigenvalue weighted by molar-refractivity contribution is 0.218. The minimum atomic E-state index is -0.649. The van der Waals surface area contributed by atoms with Gasteiger partial charge in [0.05, 0.1) is 11.9 Å². The Bertz CT molecular complexity index is 413. The van der Waals surface area contributed by atoms with Gasteiger partial charge >= 0.3 is 0 Å². The van der Waals surface area contributed by atoms with Crippen molar-refractivity contribution in [2.45, 2.75) is 13.0 Å². The van der Waals surface area contributed by atoms with Gasteiger partial charge in [0.1, 0.15) is 6.10 Å². The molecule has 0 aromatic carbocycles. The zero-order chi connectivity index (χ0) is 9.97. The lowest BCUT2D eigenvalue weighted by Gasteiger charge is -2.07. The van der Waals surface area contributed by atoms with E-state index in [2.05, 4.69) is 9.97 Å². The van der Waals surface area contributed by atoms with E-state index in [1.165, 1.54) is 11.3 Å². The highest BCUT2D eigenvalue weighted by Crippen LogP contribution is 2.27. The molecule has 2 rings (SSSR count). The van der Waals surface area contributed by atoms with E-state index < -0.39 is 6.10 Å². The van der Waals surface area contributed by atoms with Crippen LogP contribution < -0.4 is 0 Å². The van der Waals surface area contributed by atoms with E-state index in [1.807, 2.05) is 18.4 Å². The van der Waals surface area contributed by atoms with E-state index >= 15 is 0 Å². The van der Waals surface area contributed by atoms with Crippen LogP contribution >= 0.6 is 11.3 Å². The van der Waals surface area contributed by atoms with Gasteiger partial charge in [0.2, 0.25) is 0 Å². The lowest BCUT2D eigenvalue weighted by atomic mass is 10.1. The molecule has 72 valence electrons. The van der Waals surface area contributed by atoms with Gasteiger partial charge in [-0.1, -0.05) is 0 Å². The van der Waals surface area contributed by atoms with Gasteiger partial charge in [0.25, 0.3) is 0 Å². The number of aromatic nitrogens is 2. The molecule has 1 atom stereocenters. The predicted molar refractivity (Wildman–Crippen MR) is 55.1 cm³/mol. The number of rotatable bonds is 2. The third-order valence-corrected chi connectivity index (χ3v) is 3.08. The smallest absolute Gasteiger partial charge is 0.132 e. The highest BCUT2D eigenvalue weighted by atomic mass is 32.1. The first-order chi connectivity index (χ1) is 6.79. The summed E-state index contributed by atoms with van der Waals surface area (Å²) in [4.78, 5) is 8.93. The number of hydrogen-bond acceptors (Lipinski definition) is 4. The second kappa shape index (κ2) is 3.86. The lowest BCUT2D eigenvalue weighted by Crippen LogP contribution is -2.01. The van der Waals surface area contributed by atoms with Gasteiger partial charge in [0, 0.05) is 17.3 Å². The van der Waals surface area contributed by atoms with Crippen LogP contribution in [-0.2, 0) is 0 Å². The number of hydrogen-bond donors (Lipinski definition) is 1. The summed E-state index contributed by atoms with van der Waals surface area (Å²) in [6.45, 7) is 1.98. The first kappa shape index (κ1) is 9.30. The van der Waals surface area contributed by atoms with Crippen LogP contribution in [-0.4, -0.2) is 15.1 Å². The maximum absolute atomic E-state index is 9.97. The summed E-state index contributed by atoms with van der Waals surface area (Å²) in [5, 5.41) is 11.9. The van der Waals surface area contributed by atoms with E-state index in [0.29, 0.717) is 5.69 Å². The van der Waals surface area contributed by atoms with Gasteiger partial charge in [-0.15, -0.1) is 11.3 Å². The van der Waals surface area contributed by atoms with Gasteiger partial charge in [-0.05, 0) is 23.9 Å². The first-order valence-electron chi connectivity index (χ1n) is 4.27. The molecule has 0 aliphatic heterocycles. The van der Waals surface area contributed by atoms with Crippen molar-refractivity contribution in [1.29, 1.82) is 0 Å². The quantitative estimate of drug-likeness (QED) is 0.816. The van der Waals surface area contributed by atoms with Crippen LogP contribution in [0.5, 0.6) is 0 Å². The van der Waals surface area contributed by atoms with Crippen molar-refractivity contribution in [2.24, 2.45) is 0 Å². The zero-order valence-corrected chi connectivity index (χ0v) is 8.53. The fourth-order valence-electron chi connectivity index (χ4n) is 1.25. The summed E-state index contributed by atoms with van der Waals surface area (Å²) >= 11 is 1.53. The molecule has 14 heavy (non-hydrogen) atoms. The molecule has 0 amide bonds. The van der Waals surface area contributed by atoms with Crippen LogP contribution in [0.15, 0.2) is 30.0 Å². The Balaban J connectivity index is 2.34. The van der Waals surface area contributed by atoms with Crippen LogP contribution in [0, 0.1) is 6.92 Å². The van der Waals surface area contributed by atoms with Crippen molar-refractivity contribution < 1.29 is 5.11 Å². The summed E-state index contributed by atoms with van der Waals surface area (Å²) in [5.41, 5.74) is 1.69. The molecule has 3 nitrogen and oxygen atoms in total. The molecule has 0 saturated heterocycles. The summed E-state index contributed by atoms with van der Waals surface area (Å²) in [6.07, 6.45) is 4.12. The largest absolute Gasteiger partial charge is 0.381 e. The van der Waals surface area contributed by atoms with Gasteiger partial charge in [-0.25, -0.2) is 0 Å². The number of aliphatic hydroxyl groups is 1. The molecule has 0 saturated carbocycles. The molecule has 0 aliphatic carbocycles. The maximum atomic E-state index is 9.97. The molecule has 0 radical (unpaired) electrons. The molecule has 1 unspecified atom stereocenters. The standard InChI is InChI=1S/C10H10N2OS/c1-7-2-5-14-10(7)9(13)8-6-11-3-4-12-8/h2-6,9,13H,1H3. The predicted octanol–water partition coefficient (Wildman–Crippen LogP) is 1.93. The van der Waals surface area contributed by atoms with E-state index in [1.54, 1.807) is 18.6 Å². The molecular formula is C10H10N2OS. The summed E-state index contributed by atoms with van der Waals surface area (Å²) in [6, 6.07) is 1.99.